The molecule has 0 unspecified atom stereocenters. The summed E-state index contributed by atoms with van der Waals surface area (Å²) < 4.78 is 11.6. The van der Waals surface area contributed by atoms with E-state index in [0.717, 1.165) is 43.0 Å². The fraction of sp³-hybridized carbons (Fsp3) is 0.360. The first-order chi connectivity index (χ1) is 15.2. The van der Waals surface area contributed by atoms with Gasteiger partial charge in [-0.05, 0) is 48.9 Å². The van der Waals surface area contributed by atoms with E-state index in [1.54, 1.807) is 7.11 Å². The largest absolute Gasteiger partial charge is 0.493 e. The lowest BCUT2D eigenvalue weighted by atomic mass is 9.78. The van der Waals surface area contributed by atoms with Gasteiger partial charge in [-0.25, -0.2) is 0 Å². The Kier molecular flexibility index (Phi) is 5.47. The normalized spacial score (nSPS) is 25.2. The van der Waals surface area contributed by atoms with Gasteiger partial charge >= 0.3 is 0 Å². The van der Waals surface area contributed by atoms with Crippen molar-refractivity contribution >= 4 is 5.82 Å². The van der Waals surface area contributed by atoms with E-state index in [4.69, 9.17) is 9.47 Å². The van der Waals surface area contributed by atoms with Gasteiger partial charge in [0.25, 0.3) is 0 Å². The summed E-state index contributed by atoms with van der Waals surface area (Å²) in [4.78, 5) is 2.29. The summed E-state index contributed by atoms with van der Waals surface area (Å²) in [6.45, 7) is 1.80. The number of benzene rings is 2. The van der Waals surface area contributed by atoms with E-state index in [0.29, 0.717) is 23.3 Å². The first-order valence-electron chi connectivity index (χ1n) is 10.8. The molecule has 1 N–H and O–H groups in total. The second-order valence-electron chi connectivity index (χ2n) is 8.41. The maximum atomic E-state index is 10.7. The minimum Gasteiger partial charge on any atom is -0.493 e. The third-order valence-corrected chi connectivity index (χ3v) is 6.48. The summed E-state index contributed by atoms with van der Waals surface area (Å²) >= 11 is 0. The Balaban J connectivity index is 1.26. The molecule has 1 aliphatic carbocycles. The van der Waals surface area contributed by atoms with Gasteiger partial charge in [0.2, 0.25) is 0 Å². The predicted molar refractivity (Wildman–Crippen MR) is 119 cm³/mol. The molecule has 0 spiro atoms. The molecule has 1 saturated carbocycles. The van der Waals surface area contributed by atoms with Crippen LogP contribution < -0.4 is 14.4 Å². The number of hydrogen-bond donors (Lipinski definition) is 1. The summed E-state index contributed by atoms with van der Waals surface area (Å²) in [7, 11) is 1.63. The third kappa shape index (κ3) is 4.08. The van der Waals surface area contributed by atoms with E-state index in [2.05, 4.69) is 15.1 Å². The van der Waals surface area contributed by atoms with Crippen LogP contribution in [-0.4, -0.2) is 47.7 Å². The molecule has 0 radical (unpaired) electrons. The van der Waals surface area contributed by atoms with Gasteiger partial charge in [0.1, 0.15) is 6.10 Å². The molecule has 1 aromatic heterocycles. The zero-order valence-electron chi connectivity index (χ0n) is 17.6. The van der Waals surface area contributed by atoms with Crippen LogP contribution in [0.5, 0.6) is 11.5 Å². The zero-order chi connectivity index (χ0) is 21.2. The first kappa shape index (κ1) is 19.8. The zero-order valence-corrected chi connectivity index (χ0v) is 17.6. The number of aromatic nitrogens is 2. The molecule has 1 saturated heterocycles. The van der Waals surface area contributed by atoms with Gasteiger partial charge in [-0.15, -0.1) is 10.2 Å². The number of para-hydroxylation sites is 2. The second-order valence-corrected chi connectivity index (χ2v) is 8.41. The summed E-state index contributed by atoms with van der Waals surface area (Å²) in [6, 6.07) is 21.8. The predicted octanol–water partition coefficient (Wildman–Crippen LogP) is 3.81. The molecule has 2 fully saturated rings. The van der Waals surface area contributed by atoms with Crippen molar-refractivity contribution in [3.8, 4) is 22.8 Å². The van der Waals surface area contributed by atoms with Crippen LogP contribution in [0.1, 0.15) is 12.8 Å². The number of anilines is 1. The molecule has 3 aromatic rings. The molecule has 4 atom stereocenters. The number of methoxy groups -OCH3 is 1. The van der Waals surface area contributed by atoms with Crippen molar-refractivity contribution in [2.75, 3.05) is 25.1 Å². The van der Waals surface area contributed by atoms with Crippen molar-refractivity contribution < 1.29 is 14.6 Å². The second kappa shape index (κ2) is 8.55. The highest BCUT2D eigenvalue weighted by Gasteiger charge is 2.43. The molecule has 2 aromatic carbocycles. The van der Waals surface area contributed by atoms with Crippen molar-refractivity contribution in [3.63, 3.8) is 0 Å². The summed E-state index contributed by atoms with van der Waals surface area (Å²) in [6.07, 6.45) is 0.827. The summed E-state index contributed by atoms with van der Waals surface area (Å²) in [5.74, 6) is 3.16. The molecule has 0 amide bonds. The van der Waals surface area contributed by atoms with Crippen LogP contribution in [0.3, 0.4) is 0 Å². The summed E-state index contributed by atoms with van der Waals surface area (Å²) in [5.41, 5.74) is 1.94. The van der Waals surface area contributed by atoms with Gasteiger partial charge < -0.3 is 19.5 Å². The Morgan fingerprint density at radius 3 is 2.26 bits per heavy atom. The van der Waals surface area contributed by atoms with Crippen molar-refractivity contribution in [2.45, 2.75) is 25.0 Å². The van der Waals surface area contributed by atoms with Gasteiger partial charge in [-0.2, -0.15) is 0 Å². The highest BCUT2D eigenvalue weighted by Crippen LogP contribution is 2.40. The number of ether oxygens (including phenoxy) is 2. The molecule has 0 bridgehead atoms. The maximum absolute atomic E-state index is 10.7. The van der Waals surface area contributed by atoms with Crippen LogP contribution in [0.2, 0.25) is 0 Å². The van der Waals surface area contributed by atoms with E-state index >= 15 is 0 Å². The maximum Gasteiger partial charge on any atom is 0.161 e. The van der Waals surface area contributed by atoms with Gasteiger partial charge in [0.15, 0.2) is 17.3 Å². The molecule has 2 aliphatic rings. The van der Waals surface area contributed by atoms with Crippen LogP contribution in [-0.2, 0) is 0 Å². The number of nitrogens with zero attached hydrogens (tertiary/aromatic N) is 3. The molecule has 6 heteroatoms. The number of aliphatic hydroxyl groups excluding tert-OH is 1. The Hall–Kier alpha value is -3.12. The van der Waals surface area contributed by atoms with E-state index in [9.17, 15) is 5.11 Å². The average Bonchev–Trinajstić information content (AvgIpc) is 3.23. The standard InChI is InChI=1S/C25H27N3O3/c1-30-22-9-5-6-10-23(22)31-24-14-19-16-28(15-18(19)13-21(24)29)25-12-11-20(26-27-25)17-7-3-2-4-8-17/h2-12,18-19,21,24,29H,13-16H2,1H3/t18-,19+,21+,24+/m0/s1. The highest BCUT2D eigenvalue weighted by atomic mass is 16.5. The van der Waals surface area contributed by atoms with Crippen LogP contribution >= 0.6 is 0 Å². The van der Waals surface area contributed by atoms with Gasteiger partial charge in [-0.1, -0.05) is 42.5 Å². The van der Waals surface area contributed by atoms with Crippen molar-refractivity contribution in [1.82, 2.24) is 10.2 Å². The number of hydrogen-bond acceptors (Lipinski definition) is 6. The van der Waals surface area contributed by atoms with E-state index in [1.807, 2.05) is 66.7 Å². The van der Waals surface area contributed by atoms with Crippen molar-refractivity contribution in [1.29, 1.82) is 0 Å². The number of rotatable bonds is 5. The lowest BCUT2D eigenvalue weighted by molar-refractivity contribution is -0.0240. The van der Waals surface area contributed by atoms with E-state index in [-0.39, 0.29) is 6.10 Å². The fourth-order valence-electron chi connectivity index (χ4n) is 4.84. The van der Waals surface area contributed by atoms with Crippen LogP contribution in [0.15, 0.2) is 66.7 Å². The summed E-state index contributed by atoms with van der Waals surface area (Å²) in [5, 5.41) is 19.7. The van der Waals surface area contributed by atoms with Gasteiger partial charge in [-0.3, -0.25) is 0 Å². The van der Waals surface area contributed by atoms with Crippen LogP contribution in [0.25, 0.3) is 11.3 Å². The monoisotopic (exact) mass is 417 g/mol. The lowest BCUT2D eigenvalue weighted by Crippen LogP contribution is -2.42. The van der Waals surface area contributed by atoms with E-state index in [1.165, 1.54) is 0 Å². The average molecular weight is 418 g/mol. The Morgan fingerprint density at radius 2 is 1.55 bits per heavy atom. The molecular formula is C25H27N3O3. The quantitative estimate of drug-likeness (QED) is 0.681. The minimum atomic E-state index is -0.488. The fourth-order valence-corrected chi connectivity index (χ4v) is 4.84. The molecule has 5 rings (SSSR count). The Bertz CT molecular complexity index is 1010. The number of aliphatic hydroxyl groups is 1. The first-order valence-corrected chi connectivity index (χ1v) is 10.8. The third-order valence-electron chi connectivity index (χ3n) is 6.48. The molecule has 6 nitrogen and oxygen atoms in total. The van der Waals surface area contributed by atoms with Gasteiger partial charge in [0, 0.05) is 18.7 Å². The molecule has 160 valence electrons. The Labute approximate surface area is 182 Å². The van der Waals surface area contributed by atoms with Crippen LogP contribution in [0.4, 0.5) is 5.82 Å². The van der Waals surface area contributed by atoms with Crippen LogP contribution in [0, 0.1) is 11.8 Å². The molecule has 1 aliphatic heterocycles. The van der Waals surface area contributed by atoms with Crippen molar-refractivity contribution in [3.05, 3.63) is 66.7 Å². The topological polar surface area (TPSA) is 67.7 Å². The molecule has 2 heterocycles. The van der Waals surface area contributed by atoms with E-state index < -0.39 is 6.10 Å². The smallest absolute Gasteiger partial charge is 0.161 e. The lowest BCUT2D eigenvalue weighted by Gasteiger charge is -2.35. The van der Waals surface area contributed by atoms with Gasteiger partial charge in [0.05, 0.1) is 18.9 Å². The Morgan fingerprint density at radius 1 is 0.839 bits per heavy atom. The SMILES string of the molecule is COc1ccccc1O[C@@H]1C[C@@H]2CN(c3ccc(-c4ccccc4)nn3)C[C@@H]2C[C@H]1O. The number of fused-ring (bicyclic) bond motifs is 1. The molecular weight excluding hydrogens is 390 g/mol. The van der Waals surface area contributed by atoms with Crippen molar-refractivity contribution in [2.24, 2.45) is 11.8 Å². The highest BCUT2D eigenvalue weighted by molar-refractivity contribution is 5.59. The molecule has 31 heavy (non-hydrogen) atoms. The minimum absolute atomic E-state index is 0.232.